The topological polar surface area (TPSA) is 255 Å². The zero-order valence-corrected chi connectivity index (χ0v) is 66.1. The molecule has 592 valence electrons. The SMILES string of the molecule is CCCCCCCCCCC[C@H](CC(=O)NC1C(OC(=O)C[C@@H](CCCCCCCCCCC)OCCCCCCCCCC)[C@@H](OP(=O)(O)O)C(CO)O[C@H]1OC[C@H](NC(=O)C[C@@H](CCCCCCCCCCC)OCCCCCCCCCC)C(=O)O)OCCCCCCCCCC. The summed E-state index contributed by atoms with van der Waals surface area (Å²) in [6.07, 6.45) is 50.2. The van der Waals surface area contributed by atoms with Gasteiger partial charge in [0.25, 0.3) is 0 Å². The summed E-state index contributed by atoms with van der Waals surface area (Å²) in [5, 5.41) is 27.3. The Morgan fingerprint density at radius 3 is 1.02 bits per heavy atom. The van der Waals surface area contributed by atoms with E-state index in [1.54, 1.807) is 0 Å². The number of esters is 1. The minimum Gasteiger partial charge on any atom is -0.480 e. The summed E-state index contributed by atoms with van der Waals surface area (Å²) in [6, 6.07) is -3.22. The maximum absolute atomic E-state index is 14.8. The van der Waals surface area contributed by atoms with Crippen LogP contribution in [0.2, 0.25) is 0 Å². The van der Waals surface area contributed by atoms with Crippen molar-refractivity contribution < 1.29 is 76.7 Å². The number of unbranched alkanes of at least 4 members (excludes halogenated alkanes) is 45. The van der Waals surface area contributed by atoms with Crippen molar-refractivity contribution in [2.45, 2.75) is 463 Å². The van der Waals surface area contributed by atoms with Gasteiger partial charge in [0.1, 0.15) is 18.2 Å². The van der Waals surface area contributed by atoms with Crippen molar-refractivity contribution in [2.75, 3.05) is 33.0 Å². The van der Waals surface area contributed by atoms with Gasteiger partial charge in [0.15, 0.2) is 18.4 Å². The van der Waals surface area contributed by atoms with Gasteiger partial charge < -0.3 is 59.1 Å². The van der Waals surface area contributed by atoms with E-state index in [0.717, 1.165) is 148 Å². The van der Waals surface area contributed by atoms with Gasteiger partial charge in [-0.15, -0.1) is 0 Å². The first-order valence-electron chi connectivity index (χ1n) is 42.1. The zero-order chi connectivity index (χ0) is 73.2. The van der Waals surface area contributed by atoms with Gasteiger partial charge in [0, 0.05) is 19.8 Å². The van der Waals surface area contributed by atoms with E-state index >= 15 is 0 Å². The molecule has 0 radical (unpaired) electrons. The van der Waals surface area contributed by atoms with Crippen LogP contribution in [-0.2, 0) is 56.7 Å². The van der Waals surface area contributed by atoms with Crippen LogP contribution < -0.4 is 10.6 Å². The number of amides is 2. The molecule has 19 heteroatoms. The van der Waals surface area contributed by atoms with Crippen LogP contribution in [0.3, 0.4) is 0 Å². The molecule has 1 aliphatic rings. The largest absolute Gasteiger partial charge is 0.480 e. The number of aliphatic hydroxyl groups is 1. The Bertz CT molecular complexity index is 1850. The molecule has 0 spiro atoms. The molecule has 1 rings (SSSR count). The van der Waals surface area contributed by atoms with Gasteiger partial charge in [-0.05, 0) is 38.5 Å². The number of carboxylic acids is 1. The fraction of sp³-hybridized carbons (Fsp3) is 0.951. The lowest BCUT2D eigenvalue weighted by Crippen LogP contribution is -2.66. The van der Waals surface area contributed by atoms with Crippen molar-refractivity contribution in [3.63, 3.8) is 0 Å². The first-order chi connectivity index (χ1) is 48.7. The highest BCUT2D eigenvalue weighted by Gasteiger charge is 2.52. The summed E-state index contributed by atoms with van der Waals surface area (Å²) in [5.74, 6) is -3.33. The Balaban J connectivity index is 3.73. The molecule has 100 heavy (non-hydrogen) atoms. The zero-order valence-electron chi connectivity index (χ0n) is 65.2. The highest BCUT2D eigenvalue weighted by Crippen LogP contribution is 2.42. The maximum atomic E-state index is 14.8. The number of phosphoric acid groups is 1. The second kappa shape index (κ2) is 68.6. The van der Waals surface area contributed by atoms with E-state index in [1.807, 2.05) is 0 Å². The molecule has 0 aromatic carbocycles. The molecule has 0 aliphatic carbocycles. The Morgan fingerprint density at radius 2 is 0.710 bits per heavy atom. The number of nitrogens with one attached hydrogen (secondary N) is 2. The number of phosphoric ester groups is 1. The summed E-state index contributed by atoms with van der Waals surface area (Å²) in [6.45, 7) is 13.0. The molecule has 2 amide bonds. The molecule has 1 heterocycles. The Hall–Kier alpha value is -2.25. The number of hydrogen-bond acceptors (Lipinski definition) is 13. The third-order valence-electron chi connectivity index (χ3n) is 19.9. The lowest BCUT2D eigenvalue weighted by molar-refractivity contribution is -0.272. The highest BCUT2D eigenvalue weighted by molar-refractivity contribution is 7.46. The molecule has 0 bridgehead atoms. The van der Waals surface area contributed by atoms with E-state index in [0.29, 0.717) is 39.1 Å². The number of ether oxygens (including phenoxy) is 6. The first-order valence-corrected chi connectivity index (χ1v) is 43.7. The molecule has 0 aromatic heterocycles. The van der Waals surface area contributed by atoms with Crippen LogP contribution >= 0.6 is 7.82 Å². The predicted molar refractivity (Wildman–Crippen MR) is 406 cm³/mol. The number of carbonyl (C=O) groups is 4. The van der Waals surface area contributed by atoms with Crippen molar-refractivity contribution in [1.82, 2.24) is 10.6 Å². The Morgan fingerprint density at radius 1 is 0.410 bits per heavy atom. The highest BCUT2D eigenvalue weighted by atomic mass is 31.2. The fourth-order valence-electron chi connectivity index (χ4n) is 13.7. The maximum Gasteiger partial charge on any atom is 0.470 e. The van der Waals surface area contributed by atoms with Crippen molar-refractivity contribution in [2.24, 2.45) is 0 Å². The fourth-order valence-corrected chi connectivity index (χ4v) is 14.2. The summed E-state index contributed by atoms with van der Waals surface area (Å²) < 4.78 is 56.7. The van der Waals surface area contributed by atoms with Crippen LogP contribution in [0.15, 0.2) is 0 Å². The quantitative estimate of drug-likeness (QED) is 0.0188. The summed E-state index contributed by atoms with van der Waals surface area (Å²) in [4.78, 5) is 77.7. The van der Waals surface area contributed by atoms with Gasteiger partial charge in [-0.2, -0.15) is 0 Å². The van der Waals surface area contributed by atoms with Crippen LogP contribution in [0.1, 0.15) is 408 Å². The molecule has 1 fully saturated rings. The van der Waals surface area contributed by atoms with Gasteiger partial charge in [-0.3, -0.25) is 18.9 Å². The molecular weight excluding hydrogens is 1290 g/mol. The van der Waals surface area contributed by atoms with E-state index in [1.165, 1.54) is 180 Å². The number of hydrogen-bond donors (Lipinski definition) is 6. The minimum absolute atomic E-state index is 0.0767. The van der Waals surface area contributed by atoms with Gasteiger partial charge in [-0.25, -0.2) is 9.36 Å². The number of rotatable bonds is 76. The third kappa shape index (κ3) is 56.1. The number of carboxylic acid groups (broad SMARTS) is 1. The molecule has 9 atom stereocenters. The van der Waals surface area contributed by atoms with Crippen LogP contribution in [-0.4, -0.2) is 132 Å². The Kier molecular flexibility index (Phi) is 65.6. The normalized spacial score (nSPS) is 17.7. The smallest absolute Gasteiger partial charge is 0.470 e. The summed E-state index contributed by atoms with van der Waals surface area (Å²) in [5.41, 5.74) is 0. The minimum atomic E-state index is -5.44. The van der Waals surface area contributed by atoms with Crippen molar-refractivity contribution in [3.05, 3.63) is 0 Å². The molecule has 1 aliphatic heterocycles. The van der Waals surface area contributed by atoms with Gasteiger partial charge in [0.05, 0.1) is 50.8 Å². The second-order valence-corrected chi connectivity index (χ2v) is 30.7. The average molecular weight is 1450 g/mol. The number of carbonyl (C=O) groups excluding carboxylic acids is 3. The molecule has 3 unspecified atom stereocenters. The molecular formula is C81H157N2O16P. The average Bonchev–Trinajstić information content (AvgIpc) is 0.781. The summed E-state index contributed by atoms with van der Waals surface area (Å²) in [7, 11) is -5.44. The summed E-state index contributed by atoms with van der Waals surface area (Å²) >= 11 is 0. The number of aliphatic hydroxyl groups excluding tert-OH is 1. The van der Waals surface area contributed by atoms with E-state index < -0.39 is 99.8 Å². The van der Waals surface area contributed by atoms with Gasteiger partial charge in [-0.1, -0.05) is 350 Å². The second-order valence-electron chi connectivity index (χ2n) is 29.5. The molecule has 6 N–H and O–H groups in total. The lowest BCUT2D eigenvalue weighted by atomic mass is 9.95. The first kappa shape index (κ1) is 95.8. The van der Waals surface area contributed by atoms with Gasteiger partial charge >= 0.3 is 19.8 Å². The lowest BCUT2D eigenvalue weighted by Gasteiger charge is -2.45. The van der Waals surface area contributed by atoms with E-state index in [-0.39, 0.29) is 19.3 Å². The van der Waals surface area contributed by atoms with Crippen molar-refractivity contribution in [1.29, 1.82) is 0 Å². The Labute approximate surface area is 611 Å². The van der Waals surface area contributed by atoms with Gasteiger partial charge in [0.2, 0.25) is 11.8 Å². The monoisotopic (exact) mass is 1450 g/mol. The van der Waals surface area contributed by atoms with Crippen LogP contribution in [0, 0.1) is 0 Å². The van der Waals surface area contributed by atoms with E-state index in [4.69, 9.17) is 32.9 Å². The van der Waals surface area contributed by atoms with E-state index in [2.05, 4.69) is 52.2 Å². The van der Waals surface area contributed by atoms with Crippen LogP contribution in [0.5, 0.6) is 0 Å². The van der Waals surface area contributed by atoms with E-state index in [9.17, 15) is 43.7 Å². The van der Waals surface area contributed by atoms with Crippen LogP contribution in [0.25, 0.3) is 0 Å². The molecule has 0 saturated carbocycles. The third-order valence-corrected chi connectivity index (χ3v) is 20.4. The standard InChI is InChI=1S/C81H157N2O16P/c1-7-13-19-25-31-37-40-46-52-58-69(93-61-55-49-43-34-28-22-16-10-4)64-74(85)82-72(80(88)89)68-96-81-77(83-75(86)65-70(59-53-47-41-38-32-26-20-14-8-2)94-62-56-50-44-35-29-23-17-11-5)79(78(73(67-84)97-81)99-100(90,91)92)98-76(87)66-71(60-54-48-42-39-33-27-21-15-9-3)95-63-57-51-45-36-30-24-18-12-6/h69-73,77-79,81,84H,7-68H2,1-6H3,(H,82,85)(H,83,86)(H,88,89)(H2,90,91,92)/t69-,70-,71-,72+,73?,77?,78+,79?,81-/m1/s1. The number of aliphatic carboxylic acids is 1. The molecule has 0 aromatic rings. The predicted octanol–water partition coefficient (Wildman–Crippen LogP) is 20.7. The van der Waals surface area contributed by atoms with Crippen molar-refractivity contribution in [3.8, 4) is 0 Å². The molecule has 18 nitrogen and oxygen atoms in total. The van der Waals surface area contributed by atoms with Crippen molar-refractivity contribution >= 4 is 31.6 Å². The van der Waals surface area contributed by atoms with Crippen LogP contribution in [0.4, 0.5) is 0 Å². The molecule has 1 saturated heterocycles.